The van der Waals surface area contributed by atoms with E-state index in [0.717, 1.165) is 23.9 Å². The first-order valence-corrected chi connectivity index (χ1v) is 9.64. The van der Waals surface area contributed by atoms with Crippen LogP contribution in [0.4, 0.5) is 8.78 Å². The van der Waals surface area contributed by atoms with Crippen LogP contribution in [0.1, 0.15) is 10.4 Å². The van der Waals surface area contributed by atoms with Gasteiger partial charge in [0.1, 0.15) is 11.6 Å². The van der Waals surface area contributed by atoms with Gasteiger partial charge in [-0.25, -0.2) is 13.8 Å². The van der Waals surface area contributed by atoms with Crippen LogP contribution in [0.3, 0.4) is 0 Å². The van der Waals surface area contributed by atoms with Gasteiger partial charge in [-0.15, -0.1) is 5.10 Å². The SMILES string of the molecule is O=C(CSc1n[nH]c(-c2cc(F)c(Cl)cc2Cl)n1)c1cc(F)c(Cl)cc1Cl. The van der Waals surface area contributed by atoms with E-state index in [1.54, 1.807) is 0 Å². The molecule has 1 N–H and O–H groups in total. The zero-order valence-corrected chi connectivity index (χ0v) is 16.8. The predicted molar refractivity (Wildman–Crippen MR) is 103 cm³/mol. The Morgan fingerprint density at radius 3 is 2.30 bits per heavy atom. The highest BCUT2D eigenvalue weighted by Crippen LogP contribution is 2.31. The summed E-state index contributed by atoms with van der Waals surface area (Å²) in [6, 6.07) is 4.52. The topological polar surface area (TPSA) is 58.6 Å². The lowest BCUT2D eigenvalue weighted by atomic mass is 10.1. The molecular weight excluding hydrogens is 462 g/mol. The molecule has 0 bridgehead atoms. The van der Waals surface area contributed by atoms with Crippen LogP contribution in [0.15, 0.2) is 29.4 Å². The summed E-state index contributed by atoms with van der Waals surface area (Å²) in [6.45, 7) is 0. The highest BCUT2D eigenvalue weighted by atomic mass is 35.5. The van der Waals surface area contributed by atoms with E-state index in [2.05, 4.69) is 15.2 Å². The zero-order chi connectivity index (χ0) is 19.7. The molecule has 0 unspecified atom stereocenters. The number of aromatic amines is 1. The molecule has 3 aromatic rings. The third kappa shape index (κ3) is 4.55. The largest absolute Gasteiger partial charge is 0.293 e. The number of carbonyl (C=O) groups is 1. The van der Waals surface area contributed by atoms with E-state index in [-0.39, 0.29) is 48.0 Å². The first-order chi connectivity index (χ1) is 12.8. The van der Waals surface area contributed by atoms with E-state index in [1.165, 1.54) is 12.1 Å². The summed E-state index contributed by atoms with van der Waals surface area (Å²) >= 11 is 24.2. The average molecular weight is 469 g/mol. The van der Waals surface area contributed by atoms with Crippen LogP contribution in [-0.4, -0.2) is 26.7 Å². The first kappa shape index (κ1) is 20.4. The van der Waals surface area contributed by atoms with Crippen molar-refractivity contribution in [2.45, 2.75) is 5.16 Å². The number of nitrogens with one attached hydrogen (secondary N) is 1. The van der Waals surface area contributed by atoms with Gasteiger partial charge in [0.05, 0.1) is 25.8 Å². The molecule has 140 valence electrons. The van der Waals surface area contributed by atoms with Crippen LogP contribution in [0, 0.1) is 11.6 Å². The summed E-state index contributed by atoms with van der Waals surface area (Å²) in [5.41, 5.74) is 0.275. The molecule has 0 radical (unpaired) electrons. The Morgan fingerprint density at radius 1 is 0.963 bits per heavy atom. The molecule has 0 saturated heterocycles. The smallest absolute Gasteiger partial charge is 0.209 e. The van der Waals surface area contributed by atoms with Gasteiger partial charge in [-0.3, -0.25) is 9.89 Å². The lowest BCUT2D eigenvalue weighted by molar-refractivity contribution is 0.102. The Balaban J connectivity index is 1.74. The van der Waals surface area contributed by atoms with Crippen LogP contribution in [0.2, 0.25) is 20.1 Å². The number of aromatic nitrogens is 3. The van der Waals surface area contributed by atoms with E-state index >= 15 is 0 Å². The Bertz CT molecular complexity index is 1040. The molecule has 0 amide bonds. The van der Waals surface area contributed by atoms with Crippen molar-refractivity contribution in [1.29, 1.82) is 0 Å². The maximum Gasteiger partial charge on any atom is 0.209 e. The van der Waals surface area contributed by atoms with E-state index in [4.69, 9.17) is 46.4 Å². The number of carbonyl (C=O) groups excluding carboxylic acids is 1. The van der Waals surface area contributed by atoms with E-state index in [1.807, 2.05) is 0 Å². The molecule has 0 aliphatic heterocycles. The molecule has 11 heteroatoms. The number of ketones is 1. The fourth-order valence-corrected chi connectivity index (χ4v) is 3.72. The van der Waals surface area contributed by atoms with Crippen molar-refractivity contribution in [2.24, 2.45) is 0 Å². The van der Waals surface area contributed by atoms with Crippen molar-refractivity contribution in [1.82, 2.24) is 15.2 Å². The summed E-state index contributed by atoms with van der Waals surface area (Å²) < 4.78 is 27.2. The molecular formula is C16H7Cl4F2N3OS. The lowest BCUT2D eigenvalue weighted by Crippen LogP contribution is -2.04. The molecule has 3 rings (SSSR count). The standard InChI is InChI=1S/C16H7Cl4F2N3OS/c17-8-3-10(19)12(21)1-6(8)14(26)5-27-16-23-15(24-25-16)7-2-13(22)11(20)4-9(7)18/h1-4H,5H2,(H,23,24,25). The number of benzene rings is 2. The van der Waals surface area contributed by atoms with Crippen LogP contribution >= 0.6 is 58.2 Å². The van der Waals surface area contributed by atoms with Gasteiger partial charge in [-0.1, -0.05) is 58.2 Å². The van der Waals surface area contributed by atoms with Gasteiger partial charge in [-0.05, 0) is 24.3 Å². The minimum atomic E-state index is -0.742. The minimum absolute atomic E-state index is 0.00430. The number of hydrogen-bond acceptors (Lipinski definition) is 4. The molecule has 1 heterocycles. The fraction of sp³-hybridized carbons (Fsp3) is 0.0625. The molecule has 2 aromatic carbocycles. The average Bonchev–Trinajstić information content (AvgIpc) is 3.08. The molecule has 0 spiro atoms. The predicted octanol–water partition coefficient (Wildman–Crippen LogP) is 6.34. The second kappa shape index (κ2) is 8.32. The van der Waals surface area contributed by atoms with Crippen molar-refractivity contribution in [3.05, 3.63) is 61.6 Å². The summed E-state index contributed by atoms with van der Waals surface area (Å²) in [5, 5.41) is 6.72. The summed E-state index contributed by atoms with van der Waals surface area (Å²) in [5.74, 6) is -1.71. The second-order valence-electron chi connectivity index (χ2n) is 5.17. The van der Waals surface area contributed by atoms with Gasteiger partial charge >= 0.3 is 0 Å². The minimum Gasteiger partial charge on any atom is -0.293 e. The number of H-pyrrole nitrogens is 1. The van der Waals surface area contributed by atoms with E-state index < -0.39 is 17.4 Å². The van der Waals surface area contributed by atoms with Crippen LogP contribution in [0.25, 0.3) is 11.4 Å². The van der Waals surface area contributed by atoms with Crippen molar-refractivity contribution < 1.29 is 13.6 Å². The number of Topliss-reactive ketones (excluding diaryl/α,β-unsaturated/α-hetero) is 1. The molecule has 4 nitrogen and oxygen atoms in total. The molecule has 1 aromatic heterocycles. The Labute approximate surface area is 176 Å². The molecule has 0 saturated carbocycles. The van der Waals surface area contributed by atoms with Gasteiger partial charge in [0.25, 0.3) is 0 Å². The first-order valence-electron chi connectivity index (χ1n) is 7.14. The number of halogens is 6. The Hall–Kier alpha value is -1.38. The Kier molecular flexibility index (Phi) is 6.28. The number of rotatable bonds is 5. The third-order valence-electron chi connectivity index (χ3n) is 3.37. The van der Waals surface area contributed by atoms with Gasteiger partial charge in [0.15, 0.2) is 11.6 Å². The third-order valence-corrected chi connectivity index (χ3v) is 5.42. The summed E-state index contributed by atoms with van der Waals surface area (Å²) in [7, 11) is 0. The fourth-order valence-electron chi connectivity index (χ4n) is 2.08. The maximum atomic E-state index is 13.6. The van der Waals surface area contributed by atoms with Gasteiger partial charge in [0.2, 0.25) is 5.16 Å². The van der Waals surface area contributed by atoms with Gasteiger partial charge in [-0.2, -0.15) is 0 Å². The molecule has 27 heavy (non-hydrogen) atoms. The monoisotopic (exact) mass is 467 g/mol. The van der Waals surface area contributed by atoms with Crippen LogP contribution in [-0.2, 0) is 0 Å². The normalized spacial score (nSPS) is 11.0. The van der Waals surface area contributed by atoms with Crippen molar-refractivity contribution >= 4 is 63.9 Å². The second-order valence-corrected chi connectivity index (χ2v) is 7.74. The Morgan fingerprint density at radius 2 is 1.59 bits per heavy atom. The van der Waals surface area contributed by atoms with Gasteiger partial charge in [0, 0.05) is 11.1 Å². The number of nitrogens with zero attached hydrogens (tertiary/aromatic N) is 2. The summed E-state index contributed by atoms with van der Waals surface area (Å²) in [4.78, 5) is 16.4. The molecule has 0 aliphatic rings. The van der Waals surface area contributed by atoms with E-state index in [0.29, 0.717) is 0 Å². The van der Waals surface area contributed by atoms with Crippen molar-refractivity contribution in [3.8, 4) is 11.4 Å². The number of hydrogen-bond donors (Lipinski definition) is 1. The van der Waals surface area contributed by atoms with Crippen LogP contribution in [0.5, 0.6) is 0 Å². The van der Waals surface area contributed by atoms with Gasteiger partial charge < -0.3 is 0 Å². The quantitative estimate of drug-likeness (QED) is 0.269. The molecule has 0 atom stereocenters. The number of thioether (sulfide) groups is 1. The van der Waals surface area contributed by atoms with Crippen molar-refractivity contribution in [2.75, 3.05) is 5.75 Å². The van der Waals surface area contributed by atoms with Crippen molar-refractivity contribution in [3.63, 3.8) is 0 Å². The lowest BCUT2D eigenvalue weighted by Gasteiger charge is -2.04. The van der Waals surface area contributed by atoms with Crippen LogP contribution < -0.4 is 0 Å². The summed E-state index contributed by atoms with van der Waals surface area (Å²) in [6.07, 6.45) is 0. The highest BCUT2D eigenvalue weighted by molar-refractivity contribution is 7.99. The maximum absolute atomic E-state index is 13.6. The zero-order valence-electron chi connectivity index (χ0n) is 13.0. The van der Waals surface area contributed by atoms with E-state index in [9.17, 15) is 13.6 Å². The highest BCUT2D eigenvalue weighted by Gasteiger charge is 2.17. The molecule has 0 aliphatic carbocycles. The molecule has 0 fully saturated rings.